The quantitative estimate of drug-likeness (QED) is 0.863. The molecule has 4 nitrogen and oxygen atoms in total. The van der Waals surface area contributed by atoms with Crippen LogP contribution < -0.4 is 0 Å². The highest BCUT2D eigenvalue weighted by Crippen LogP contribution is 2.12. The second kappa shape index (κ2) is 6.81. The topological polar surface area (TPSA) is 39.3 Å². The summed E-state index contributed by atoms with van der Waals surface area (Å²) in [5.74, 6) is 0.457. The minimum absolute atomic E-state index is 0.0115. The third kappa shape index (κ3) is 4.70. The SMILES string of the molecule is CC(C)CN(CCN(C)C)C(=O)c1cc(Cl)c[nH]1. The van der Waals surface area contributed by atoms with Crippen molar-refractivity contribution in [1.82, 2.24) is 14.8 Å². The molecule has 0 fully saturated rings. The molecule has 0 aromatic carbocycles. The fourth-order valence-electron chi connectivity index (χ4n) is 1.70. The molecule has 1 amide bonds. The highest BCUT2D eigenvalue weighted by Gasteiger charge is 2.18. The molecule has 0 saturated heterocycles. The number of H-pyrrole nitrogens is 1. The van der Waals surface area contributed by atoms with Gasteiger partial charge < -0.3 is 14.8 Å². The number of carbonyl (C=O) groups is 1. The molecule has 0 aliphatic heterocycles. The highest BCUT2D eigenvalue weighted by atomic mass is 35.5. The van der Waals surface area contributed by atoms with Crippen LogP contribution in [0.5, 0.6) is 0 Å². The fraction of sp³-hybridized carbons (Fsp3) is 0.615. The van der Waals surface area contributed by atoms with E-state index in [1.165, 1.54) is 0 Å². The standard InChI is InChI=1S/C13H22ClN3O/c1-10(2)9-17(6-5-16(3)4)13(18)12-7-11(14)8-15-12/h7-8,10,15H,5-6,9H2,1-4H3. The van der Waals surface area contributed by atoms with Gasteiger partial charge in [-0.15, -0.1) is 0 Å². The number of likely N-dealkylation sites (N-methyl/N-ethyl adjacent to an activating group) is 1. The maximum Gasteiger partial charge on any atom is 0.270 e. The zero-order valence-electron chi connectivity index (χ0n) is 11.5. The molecule has 102 valence electrons. The number of nitrogens with zero attached hydrogens (tertiary/aromatic N) is 2. The average Bonchev–Trinajstić information content (AvgIpc) is 2.69. The molecule has 0 bridgehead atoms. The van der Waals surface area contributed by atoms with Crippen molar-refractivity contribution in [2.75, 3.05) is 33.7 Å². The number of halogens is 1. The number of amides is 1. The molecule has 0 aliphatic rings. The van der Waals surface area contributed by atoms with E-state index in [1.54, 1.807) is 12.3 Å². The number of hydrogen-bond donors (Lipinski definition) is 1. The highest BCUT2D eigenvalue weighted by molar-refractivity contribution is 6.30. The summed E-state index contributed by atoms with van der Waals surface area (Å²) in [6.45, 7) is 6.55. The average molecular weight is 272 g/mol. The van der Waals surface area contributed by atoms with Crippen molar-refractivity contribution in [3.8, 4) is 0 Å². The summed E-state index contributed by atoms with van der Waals surface area (Å²) in [5, 5.41) is 0.565. The summed E-state index contributed by atoms with van der Waals surface area (Å²) in [5.41, 5.74) is 0.555. The molecule has 1 heterocycles. The van der Waals surface area contributed by atoms with E-state index in [4.69, 9.17) is 11.6 Å². The van der Waals surface area contributed by atoms with Gasteiger partial charge in [-0.1, -0.05) is 25.4 Å². The maximum absolute atomic E-state index is 12.3. The molecule has 1 aromatic heterocycles. The predicted molar refractivity (Wildman–Crippen MR) is 75.1 cm³/mol. The van der Waals surface area contributed by atoms with E-state index in [9.17, 15) is 4.79 Å². The van der Waals surface area contributed by atoms with Gasteiger partial charge in [0.15, 0.2) is 0 Å². The first-order valence-electron chi connectivity index (χ1n) is 6.18. The van der Waals surface area contributed by atoms with E-state index in [-0.39, 0.29) is 5.91 Å². The summed E-state index contributed by atoms with van der Waals surface area (Å²) >= 11 is 5.83. The Labute approximate surface area is 114 Å². The molecular formula is C13H22ClN3O. The monoisotopic (exact) mass is 271 g/mol. The van der Waals surface area contributed by atoms with Crippen LogP contribution >= 0.6 is 11.6 Å². The molecule has 5 heteroatoms. The van der Waals surface area contributed by atoms with Crippen LogP contribution in [0.4, 0.5) is 0 Å². The molecule has 0 radical (unpaired) electrons. The van der Waals surface area contributed by atoms with Crippen LogP contribution in [0.25, 0.3) is 0 Å². The molecule has 1 N–H and O–H groups in total. The minimum Gasteiger partial charge on any atom is -0.356 e. The first kappa shape index (κ1) is 15.1. The Morgan fingerprint density at radius 1 is 1.39 bits per heavy atom. The zero-order chi connectivity index (χ0) is 13.7. The van der Waals surface area contributed by atoms with E-state index >= 15 is 0 Å². The number of aromatic nitrogens is 1. The van der Waals surface area contributed by atoms with Crippen molar-refractivity contribution >= 4 is 17.5 Å². The van der Waals surface area contributed by atoms with E-state index in [0.717, 1.165) is 19.6 Å². The molecule has 18 heavy (non-hydrogen) atoms. The lowest BCUT2D eigenvalue weighted by molar-refractivity contribution is 0.0719. The normalized spacial score (nSPS) is 11.3. The minimum atomic E-state index is 0.0115. The number of hydrogen-bond acceptors (Lipinski definition) is 2. The second-order valence-corrected chi connectivity index (χ2v) is 5.62. The molecule has 0 saturated carbocycles. The van der Waals surface area contributed by atoms with E-state index in [1.807, 2.05) is 19.0 Å². The lowest BCUT2D eigenvalue weighted by Crippen LogP contribution is -2.39. The van der Waals surface area contributed by atoms with Gasteiger partial charge in [-0.25, -0.2) is 0 Å². The second-order valence-electron chi connectivity index (χ2n) is 5.18. The fourth-order valence-corrected chi connectivity index (χ4v) is 1.86. The summed E-state index contributed by atoms with van der Waals surface area (Å²) in [6, 6.07) is 1.67. The number of carbonyl (C=O) groups excluding carboxylic acids is 1. The summed E-state index contributed by atoms with van der Waals surface area (Å²) in [6.07, 6.45) is 1.63. The van der Waals surface area contributed by atoms with Gasteiger partial charge in [0.2, 0.25) is 0 Å². The van der Waals surface area contributed by atoms with E-state index in [0.29, 0.717) is 16.6 Å². The summed E-state index contributed by atoms with van der Waals surface area (Å²) < 4.78 is 0. The van der Waals surface area contributed by atoms with Crippen LogP contribution in [0.2, 0.25) is 5.02 Å². The van der Waals surface area contributed by atoms with Crippen LogP contribution in [-0.4, -0.2) is 54.4 Å². The molecular weight excluding hydrogens is 250 g/mol. The van der Waals surface area contributed by atoms with Gasteiger partial charge in [0.25, 0.3) is 5.91 Å². The lowest BCUT2D eigenvalue weighted by atomic mass is 10.2. The Kier molecular flexibility index (Phi) is 5.69. The van der Waals surface area contributed by atoms with Crippen molar-refractivity contribution in [3.05, 3.63) is 23.0 Å². The Morgan fingerprint density at radius 2 is 2.06 bits per heavy atom. The number of rotatable bonds is 6. The van der Waals surface area contributed by atoms with Gasteiger partial charge in [0.1, 0.15) is 5.69 Å². The van der Waals surface area contributed by atoms with Crippen molar-refractivity contribution < 1.29 is 4.79 Å². The number of aromatic amines is 1. The third-order valence-electron chi connectivity index (χ3n) is 2.57. The van der Waals surface area contributed by atoms with Gasteiger partial charge >= 0.3 is 0 Å². The molecule has 0 unspecified atom stereocenters. The molecule has 1 aromatic rings. The van der Waals surface area contributed by atoms with Crippen molar-refractivity contribution in [2.24, 2.45) is 5.92 Å². The van der Waals surface area contributed by atoms with Crippen molar-refractivity contribution in [3.63, 3.8) is 0 Å². The first-order valence-corrected chi connectivity index (χ1v) is 6.56. The van der Waals surface area contributed by atoms with Crippen molar-refractivity contribution in [2.45, 2.75) is 13.8 Å². The Morgan fingerprint density at radius 3 is 2.50 bits per heavy atom. The van der Waals surface area contributed by atoms with Crippen molar-refractivity contribution in [1.29, 1.82) is 0 Å². The zero-order valence-corrected chi connectivity index (χ0v) is 12.3. The molecule has 0 aliphatic carbocycles. The van der Waals surface area contributed by atoms with Crippen LogP contribution in [0.3, 0.4) is 0 Å². The predicted octanol–water partition coefficient (Wildman–Crippen LogP) is 2.33. The Bertz CT molecular complexity index is 387. The molecule has 0 spiro atoms. The van der Waals surface area contributed by atoms with Gasteiger partial charge in [-0.2, -0.15) is 0 Å². The largest absolute Gasteiger partial charge is 0.356 e. The lowest BCUT2D eigenvalue weighted by Gasteiger charge is -2.25. The van der Waals surface area contributed by atoms with E-state index < -0.39 is 0 Å². The van der Waals surface area contributed by atoms with Gasteiger partial charge in [0.05, 0.1) is 5.02 Å². The van der Waals surface area contributed by atoms with E-state index in [2.05, 4.69) is 23.7 Å². The van der Waals surface area contributed by atoms with Crippen LogP contribution in [0.1, 0.15) is 24.3 Å². The summed E-state index contributed by atoms with van der Waals surface area (Å²) in [4.78, 5) is 19.2. The maximum atomic E-state index is 12.3. The third-order valence-corrected chi connectivity index (χ3v) is 2.79. The van der Waals surface area contributed by atoms with Gasteiger partial charge in [-0.05, 0) is 26.1 Å². The van der Waals surface area contributed by atoms with Gasteiger partial charge in [0, 0.05) is 25.8 Å². The van der Waals surface area contributed by atoms with Crippen LogP contribution in [0, 0.1) is 5.92 Å². The Balaban J connectivity index is 2.72. The van der Waals surface area contributed by atoms with Crippen LogP contribution in [0.15, 0.2) is 12.3 Å². The van der Waals surface area contributed by atoms with Crippen LogP contribution in [-0.2, 0) is 0 Å². The molecule has 0 atom stereocenters. The van der Waals surface area contributed by atoms with Gasteiger partial charge in [-0.3, -0.25) is 4.79 Å². The molecule has 1 rings (SSSR count). The Hall–Kier alpha value is -1.00. The first-order chi connectivity index (χ1) is 8.40. The number of nitrogens with one attached hydrogen (secondary N) is 1. The summed E-state index contributed by atoms with van der Waals surface area (Å²) in [7, 11) is 4.01. The smallest absolute Gasteiger partial charge is 0.270 e.